The zero-order chi connectivity index (χ0) is 20.9. The molecule has 0 aliphatic heterocycles. The zero-order valence-electron chi connectivity index (χ0n) is 16.6. The topological polar surface area (TPSA) is 46.2 Å². The number of nitrogens with one attached hydrogen (secondary N) is 1. The summed E-state index contributed by atoms with van der Waals surface area (Å²) in [4.78, 5) is 26.2. The van der Waals surface area contributed by atoms with Crippen LogP contribution in [0.4, 0.5) is 5.69 Å². The van der Waals surface area contributed by atoms with E-state index in [2.05, 4.69) is 5.32 Å². The van der Waals surface area contributed by atoms with Gasteiger partial charge in [-0.25, -0.2) is 0 Å². The highest BCUT2D eigenvalue weighted by molar-refractivity contribution is 6.16. The van der Waals surface area contributed by atoms with E-state index in [1.54, 1.807) is 30.3 Å². The Kier molecular flexibility index (Phi) is 5.53. The van der Waals surface area contributed by atoms with Crippen molar-refractivity contribution in [3.8, 4) is 11.1 Å². The minimum absolute atomic E-state index is 0.126. The van der Waals surface area contributed by atoms with E-state index >= 15 is 0 Å². The molecule has 3 heteroatoms. The van der Waals surface area contributed by atoms with Crippen LogP contribution >= 0.6 is 0 Å². The Balaban J connectivity index is 1.69. The molecule has 0 spiro atoms. The standard InChI is InChI=1S/C27H21NO2/c1-19-16-17-22(24(18-19)20-10-4-2-5-11-20)27(30)28-25-15-9-8-14-23(25)26(29)21-12-6-3-7-13-21/h2-18H,1H3,(H,28,30). The second-order valence-electron chi connectivity index (χ2n) is 7.11. The molecule has 0 radical (unpaired) electrons. The molecule has 30 heavy (non-hydrogen) atoms. The summed E-state index contributed by atoms with van der Waals surface area (Å²) in [5.41, 5.74) is 5.01. The fourth-order valence-electron chi connectivity index (χ4n) is 3.44. The van der Waals surface area contributed by atoms with Crippen molar-refractivity contribution in [3.63, 3.8) is 0 Å². The van der Waals surface area contributed by atoms with E-state index < -0.39 is 0 Å². The number of carbonyl (C=O) groups is 2. The Morgan fingerprint density at radius 1 is 0.667 bits per heavy atom. The molecular weight excluding hydrogens is 370 g/mol. The maximum absolute atomic E-state index is 13.2. The van der Waals surface area contributed by atoms with Gasteiger partial charge in [0.2, 0.25) is 0 Å². The summed E-state index contributed by atoms with van der Waals surface area (Å²) in [7, 11) is 0. The van der Waals surface area contributed by atoms with Crippen molar-refractivity contribution < 1.29 is 9.59 Å². The van der Waals surface area contributed by atoms with Gasteiger partial charge in [-0.15, -0.1) is 0 Å². The van der Waals surface area contributed by atoms with Gasteiger partial charge in [-0.3, -0.25) is 9.59 Å². The number of rotatable bonds is 5. The maximum Gasteiger partial charge on any atom is 0.256 e. The van der Waals surface area contributed by atoms with Crippen LogP contribution in [0.15, 0.2) is 103 Å². The molecule has 0 aliphatic carbocycles. The Morgan fingerprint density at radius 2 is 1.30 bits per heavy atom. The predicted molar refractivity (Wildman–Crippen MR) is 121 cm³/mol. The van der Waals surface area contributed by atoms with Crippen LogP contribution < -0.4 is 5.32 Å². The minimum Gasteiger partial charge on any atom is -0.321 e. The van der Waals surface area contributed by atoms with E-state index in [1.165, 1.54) is 0 Å². The van der Waals surface area contributed by atoms with Crippen molar-refractivity contribution in [1.29, 1.82) is 0 Å². The molecule has 3 nitrogen and oxygen atoms in total. The van der Waals surface area contributed by atoms with Gasteiger partial charge in [0.15, 0.2) is 5.78 Å². The number of anilines is 1. The van der Waals surface area contributed by atoms with Crippen molar-refractivity contribution in [2.75, 3.05) is 5.32 Å². The SMILES string of the molecule is Cc1ccc(C(=O)Nc2ccccc2C(=O)c2ccccc2)c(-c2ccccc2)c1. The van der Waals surface area contributed by atoms with Crippen LogP contribution in [-0.4, -0.2) is 11.7 Å². The first-order chi connectivity index (χ1) is 14.6. The minimum atomic E-state index is -0.248. The molecule has 0 atom stereocenters. The number of carbonyl (C=O) groups excluding carboxylic acids is 2. The van der Waals surface area contributed by atoms with Gasteiger partial charge in [-0.05, 0) is 36.2 Å². The highest BCUT2D eigenvalue weighted by Gasteiger charge is 2.18. The van der Waals surface area contributed by atoms with E-state index in [1.807, 2.05) is 79.7 Å². The lowest BCUT2D eigenvalue weighted by atomic mass is 9.96. The Hall–Kier alpha value is -3.98. The van der Waals surface area contributed by atoms with E-state index in [9.17, 15) is 9.59 Å². The number of hydrogen-bond acceptors (Lipinski definition) is 2. The number of benzene rings is 4. The first kappa shape index (κ1) is 19.3. The highest BCUT2D eigenvalue weighted by atomic mass is 16.2. The first-order valence-corrected chi connectivity index (χ1v) is 9.79. The van der Waals surface area contributed by atoms with E-state index in [-0.39, 0.29) is 11.7 Å². The monoisotopic (exact) mass is 391 g/mol. The summed E-state index contributed by atoms with van der Waals surface area (Å²) in [6.45, 7) is 2.00. The highest BCUT2D eigenvalue weighted by Crippen LogP contribution is 2.27. The van der Waals surface area contributed by atoms with Gasteiger partial charge >= 0.3 is 0 Å². The number of aryl methyl sites for hydroxylation is 1. The molecule has 1 N–H and O–H groups in total. The van der Waals surface area contributed by atoms with Crippen LogP contribution in [0.1, 0.15) is 31.8 Å². The maximum atomic E-state index is 13.2. The molecule has 4 rings (SSSR count). The van der Waals surface area contributed by atoms with Crippen LogP contribution in [0.5, 0.6) is 0 Å². The average Bonchev–Trinajstić information content (AvgIpc) is 2.80. The van der Waals surface area contributed by atoms with Gasteiger partial charge in [0, 0.05) is 16.7 Å². The number of ketones is 1. The molecule has 0 bridgehead atoms. The van der Waals surface area contributed by atoms with Gasteiger partial charge in [0.25, 0.3) is 5.91 Å². The zero-order valence-corrected chi connectivity index (χ0v) is 16.6. The fourth-order valence-corrected chi connectivity index (χ4v) is 3.44. The Morgan fingerprint density at radius 3 is 2.03 bits per heavy atom. The third-order valence-corrected chi connectivity index (χ3v) is 4.96. The molecule has 0 heterocycles. The van der Waals surface area contributed by atoms with E-state index in [4.69, 9.17) is 0 Å². The molecule has 4 aromatic carbocycles. The summed E-state index contributed by atoms with van der Waals surface area (Å²) in [5.74, 6) is -0.374. The van der Waals surface area contributed by atoms with Crippen molar-refractivity contribution >= 4 is 17.4 Å². The molecular formula is C27H21NO2. The van der Waals surface area contributed by atoms with Gasteiger partial charge in [-0.2, -0.15) is 0 Å². The summed E-state index contributed by atoms with van der Waals surface area (Å²) in [6, 6.07) is 31.7. The number of amides is 1. The number of para-hydroxylation sites is 1. The molecule has 0 aliphatic rings. The van der Waals surface area contributed by atoms with Gasteiger partial charge < -0.3 is 5.32 Å². The number of hydrogen-bond donors (Lipinski definition) is 1. The average molecular weight is 391 g/mol. The lowest BCUT2D eigenvalue weighted by molar-refractivity contribution is 0.102. The van der Waals surface area contributed by atoms with Crippen molar-refractivity contribution in [2.45, 2.75) is 6.92 Å². The third-order valence-electron chi connectivity index (χ3n) is 4.96. The van der Waals surface area contributed by atoms with Crippen LogP contribution in [0.25, 0.3) is 11.1 Å². The van der Waals surface area contributed by atoms with Gasteiger partial charge in [-0.1, -0.05) is 90.5 Å². The van der Waals surface area contributed by atoms with Crippen molar-refractivity contribution in [1.82, 2.24) is 0 Å². The smallest absolute Gasteiger partial charge is 0.256 e. The van der Waals surface area contributed by atoms with Gasteiger partial charge in [0.05, 0.1) is 5.69 Å². The summed E-state index contributed by atoms with van der Waals surface area (Å²) >= 11 is 0. The summed E-state index contributed by atoms with van der Waals surface area (Å²) in [6.07, 6.45) is 0. The van der Waals surface area contributed by atoms with Gasteiger partial charge in [0.1, 0.15) is 0 Å². The molecule has 146 valence electrons. The van der Waals surface area contributed by atoms with Crippen LogP contribution in [0.3, 0.4) is 0 Å². The summed E-state index contributed by atoms with van der Waals surface area (Å²) in [5, 5.41) is 2.95. The normalized spacial score (nSPS) is 10.4. The summed E-state index contributed by atoms with van der Waals surface area (Å²) < 4.78 is 0. The second-order valence-corrected chi connectivity index (χ2v) is 7.11. The predicted octanol–water partition coefficient (Wildman–Crippen LogP) is 6.15. The quantitative estimate of drug-likeness (QED) is 0.415. The molecule has 4 aromatic rings. The fraction of sp³-hybridized carbons (Fsp3) is 0.0370. The third kappa shape index (κ3) is 4.06. The van der Waals surface area contributed by atoms with Crippen LogP contribution in [-0.2, 0) is 0 Å². The first-order valence-electron chi connectivity index (χ1n) is 9.79. The van der Waals surface area contributed by atoms with Crippen molar-refractivity contribution in [2.24, 2.45) is 0 Å². The van der Waals surface area contributed by atoms with Crippen molar-refractivity contribution in [3.05, 3.63) is 125 Å². The van der Waals surface area contributed by atoms with E-state index in [0.29, 0.717) is 22.4 Å². The molecule has 0 unspecified atom stereocenters. The lowest BCUT2D eigenvalue weighted by Gasteiger charge is -2.14. The van der Waals surface area contributed by atoms with Crippen LogP contribution in [0, 0.1) is 6.92 Å². The lowest BCUT2D eigenvalue weighted by Crippen LogP contribution is -2.16. The molecule has 1 amide bonds. The molecule has 0 saturated carbocycles. The largest absolute Gasteiger partial charge is 0.321 e. The molecule has 0 fully saturated rings. The molecule has 0 aromatic heterocycles. The second kappa shape index (κ2) is 8.58. The molecule has 0 saturated heterocycles. The Labute approximate surface area is 176 Å². The van der Waals surface area contributed by atoms with Crippen LogP contribution in [0.2, 0.25) is 0 Å². The Bertz CT molecular complexity index is 1200. The van der Waals surface area contributed by atoms with E-state index in [0.717, 1.165) is 16.7 Å².